The second-order valence-corrected chi connectivity index (χ2v) is 7.09. The second-order valence-electron chi connectivity index (χ2n) is 7.09. The molecule has 1 aromatic heterocycles. The van der Waals surface area contributed by atoms with Crippen LogP contribution in [0.2, 0.25) is 0 Å². The summed E-state index contributed by atoms with van der Waals surface area (Å²) in [6, 6.07) is 9.72. The first-order chi connectivity index (χ1) is 13.1. The predicted molar refractivity (Wildman–Crippen MR) is 109 cm³/mol. The molecule has 1 aromatic carbocycles. The lowest BCUT2D eigenvalue weighted by molar-refractivity contribution is 0.0941. The summed E-state index contributed by atoms with van der Waals surface area (Å²) >= 11 is 0. The molecule has 5 nitrogen and oxygen atoms in total. The minimum atomic E-state index is -0.118. The first-order valence-corrected chi connectivity index (χ1v) is 10.1. The minimum absolute atomic E-state index is 0.118. The van der Waals surface area contributed by atoms with Crippen LogP contribution >= 0.6 is 0 Å². The van der Waals surface area contributed by atoms with Crippen molar-refractivity contribution in [1.29, 1.82) is 0 Å². The zero-order valence-electron chi connectivity index (χ0n) is 17.0. The third-order valence-electron chi connectivity index (χ3n) is 4.60. The molecule has 0 saturated heterocycles. The van der Waals surface area contributed by atoms with Gasteiger partial charge in [-0.05, 0) is 37.1 Å². The van der Waals surface area contributed by atoms with Crippen LogP contribution in [0.3, 0.4) is 0 Å². The third kappa shape index (κ3) is 7.45. The van der Waals surface area contributed by atoms with Crippen molar-refractivity contribution >= 4 is 5.91 Å². The number of carbonyl (C=O) groups excluding carboxylic acids is 1. The molecule has 5 heteroatoms. The molecular formula is C22H33N3O2. The fourth-order valence-electron chi connectivity index (χ4n) is 3.09. The molecule has 2 rings (SSSR count). The SMILES string of the molecule is CCCCCCCCCOc1cccc(CNC(=O)c2cc(C)nn2C)c1. The zero-order valence-corrected chi connectivity index (χ0v) is 17.0. The Kier molecular flexibility index (Phi) is 8.89. The topological polar surface area (TPSA) is 56.1 Å². The average molecular weight is 372 g/mol. The van der Waals surface area contributed by atoms with Gasteiger partial charge in [0.05, 0.1) is 12.3 Å². The van der Waals surface area contributed by atoms with Gasteiger partial charge in [0, 0.05) is 13.6 Å². The Balaban J connectivity index is 1.70. The van der Waals surface area contributed by atoms with Crippen LogP contribution in [0.25, 0.3) is 0 Å². The lowest BCUT2D eigenvalue weighted by atomic mass is 10.1. The fraction of sp³-hybridized carbons (Fsp3) is 0.545. The van der Waals surface area contributed by atoms with Crippen LogP contribution in [0.15, 0.2) is 30.3 Å². The van der Waals surface area contributed by atoms with E-state index in [-0.39, 0.29) is 5.91 Å². The van der Waals surface area contributed by atoms with Gasteiger partial charge in [-0.15, -0.1) is 0 Å². The number of aromatic nitrogens is 2. The quantitative estimate of drug-likeness (QED) is 0.546. The number of unbranched alkanes of at least 4 members (excludes halogenated alkanes) is 6. The Bertz CT molecular complexity index is 709. The molecule has 0 aliphatic rings. The van der Waals surface area contributed by atoms with E-state index in [0.29, 0.717) is 12.2 Å². The maximum Gasteiger partial charge on any atom is 0.269 e. The highest BCUT2D eigenvalue weighted by Gasteiger charge is 2.11. The monoisotopic (exact) mass is 371 g/mol. The number of hydrogen-bond acceptors (Lipinski definition) is 3. The van der Waals surface area contributed by atoms with Crippen molar-refractivity contribution in [1.82, 2.24) is 15.1 Å². The minimum Gasteiger partial charge on any atom is -0.494 e. The van der Waals surface area contributed by atoms with Gasteiger partial charge in [0.1, 0.15) is 11.4 Å². The summed E-state index contributed by atoms with van der Waals surface area (Å²) in [6.07, 6.45) is 8.93. The first kappa shape index (κ1) is 21.0. The summed E-state index contributed by atoms with van der Waals surface area (Å²) in [5.74, 6) is 0.747. The van der Waals surface area contributed by atoms with Crippen molar-refractivity contribution in [3.05, 3.63) is 47.3 Å². The van der Waals surface area contributed by atoms with E-state index in [0.717, 1.165) is 30.0 Å². The Hall–Kier alpha value is -2.30. The third-order valence-corrected chi connectivity index (χ3v) is 4.60. The lowest BCUT2D eigenvalue weighted by Crippen LogP contribution is -2.25. The molecule has 1 heterocycles. The smallest absolute Gasteiger partial charge is 0.269 e. The van der Waals surface area contributed by atoms with E-state index in [1.165, 1.54) is 38.5 Å². The van der Waals surface area contributed by atoms with Crippen molar-refractivity contribution in [2.45, 2.75) is 65.3 Å². The lowest BCUT2D eigenvalue weighted by Gasteiger charge is -2.09. The van der Waals surface area contributed by atoms with E-state index in [1.54, 1.807) is 17.8 Å². The molecule has 0 fully saturated rings. The van der Waals surface area contributed by atoms with E-state index >= 15 is 0 Å². The number of benzene rings is 1. The summed E-state index contributed by atoms with van der Waals surface area (Å²) in [6.45, 7) is 5.34. The van der Waals surface area contributed by atoms with E-state index < -0.39 is 0 Å². The number of carbonyl (C=O) groups is 1. The predicted octanol–water partition coefficient (Wildman–Crippen LogP) is 4.79. The number of amides is 1. The molecule has 148 valence electrons. The molecule has 0 radical (unpaired) electrons. The summed E-state index contributed by atoms with van der Waals surface area (Å²) in [5, 5.41) is 7.15. The highest BCUT2D eigenvalue weighted by atomic mass is 16.5. The Labute approximate surface area is 163 Å². The van der Waals surface area contributed by atoms with Crippen molar-refractivity contribution in [3.8, 4) is 5.75 Å². The molecule has 1 N–H and O–H groups in total. The molecule has 27 heavy (non-hydrogen) atoms. The van der Waals surface area contributed by atoms with Gasteiger partial charge in [0.25, 0.3) is 5.91 Å². The molecule has 2 aromatic rings. The van der Waals surface area contributed by atoms with Gasteiger partial charge < -0.3 is 10.1 Å². The second kappa shape index (κ2) is 11.4. The van der Waals surface area contributed by atoms with Crippen molar-refractivity contribution in [3.63, 3.8) is 0 Å². The van der Waals surface area contributed by atoms with E-state index in [9.17, 15) is 4.79 Å². The Morgan fingerprint density at radius 1 is 1.11 bits per heavy atom. The van der Waals surface area contributed by atoms with E-state index in [4.69, 9.17) is 4.74 Å². The highest BCUT2D eigenvalue weighted by Crippen LogP contribution is 2.15. The number of aryl methyl sites for hydroxylation is 2. The van der Waals surface area contributed by atoms with Gasteiger partial charge in [-0.3, -0.25) is 9.48 Å². The van der Waals surface area contributed by atoms with Gasteiger partial charge in [-0.2, -0.15) is 5.10 Å². The molecule has 0 bridgehead atoms. The van der Waals surface area contributed by atoms with Crippen LogP contribution in [-0.2, 0) is 13.6 Å². The van der Waals surface area contributed by atoms with Crippen LogP contribution in [-0.4, -0.2) is 22.3 Å². The van der Waals surface area contributed by atoms with Gasteiger partial charge in [-0.1, -0.05) is 57.6 Å². The van der Waals surface area contributed by atoms with Gasteiger partial charge >= 0.3 is 0 Å². The van der Waals surface area contributed by atoms with Gasteiger partial charge in [0.2, 0.25) is 0 Å². The molecule has 0 saturated carbocycles. The molecular weight excluding hydrogens is 338 g/mol. The first-order valence-electron chi connectivity index (χ1n) is 10.1. The van der Waals surface area contributed by atoms with Crippen LogP contribution in [0.1, 0.15) is 73.6 Å². The van der Waals surface area contributed by atoms with E-state index in [1.807, 2.05) is 31.2 Å². The van der Waals surface area contributed by atoms with Crippen LogP contribution in [0, 0.1) is 6.92 Å². The number of nitrogens with one attached hydrogen (secondary N) is 1. The highest BCUT2D eigenvalue weighted by molar-refractivity contribution is 5.92. The van der Waals surface area contributed by atoms with Gasteiger partial charge in [-0.25, -0.2) is 0 Å². The maximum atomic E-state index is 12.3. The number of hydrogen-bond donors (Lipinski definition) is 1. The van der Waals surface area contributed by atoms with E-state index in [2.05, 4.69) is 17.3 Å². The largest absolute Gasteiger partial charge is 0.494 e. The molecule has 0 aliphatic carbocycles. The maximum absolute atomic E-state index is 12.3. The molecule has 1 amide bonds. The Morgan fingerprint density at radius 2 is 1.85 bits per heavy atom. The zero-order chi connectivity index (χ0) is 19.5. The van der Waals surface area contributed by atoms with Crippen LogP contribution < -0.4 is 10.1 Å². The van der Waals surface area contributed by atoms with Crippen LogP contribution in [0.4, 0.5) is 0 Å². The molecule has 0 atom stereocenters. The average Bonchev–Trinajstić information content (AvgIpc) is 3.00. The van der Waals surface area contributed by atoms with Gasteiger partial charge in [0.15, 0.2) is 0 Å². The van der Waals surface area contributed by atoms with Crippen molar-refractivity contribution < 1.29 is 9.53 Å². The molecule has 0 unspecified atom stereocenters. The number of rotatable bonds is 12. The normalized spacial score (nSPS) is 10.8. The van der Waals surface area contributed by atoms with Crippen LogP contribution in [0.5, 0.6) is 5.75 Å². The standard InChI is InChI=1S/C22H33N3O2/c1-4-5-6-7-8-9-10-14-27-20-13-11-12-19(16-20)17-23-22(26)21-15-18(2)24-25(21)3/h11-13,15-16H,4-10,14,17H2,1-3H3,(H,23,26). The van der Waals surface area contributed by atoms with Crippen molar-refractivity contribution in [2.75, 3.05) is 6.61 Å². The van der Waals surface area contributed by atoms with Crippen molar-refractivity contribution in [2.24, 2.45) is 7.05 Å². The Morgan fingerprint density at radius 3 is 2.56 bits per heavy atom. The molecule has 0 spiro atoms. The summed E-state index contributed by atoms with van der Waals surface area (Å²) in [4.78, 5) is 12.3. The number of ether oxygens (including phenoxy) is 1. The summed E-state index contributed by atoms with van der Waals surface area (Å²) in [7, 11) is 1.78. The fourth-order valence-corrected chi connectivity index (χ4v) is 3.09. The molecule has 0 aliphatic heterocycles. The summed E-state index contributed by atoms with van der Waals surface area (Å²) in [5.41, 5.74) is 2.43. The summed E-state index contributed by atoms with van der Waals surface area (Å²) < 4.78 is 7.47. The number of nitrogens with zero attached hydrogens (tertiary/aromatic N) is 2.